The number of nitrogens with zero attached hydrogens (tertiary/aromatic N) is 1. The van der Waals surface area contributed by atoms with E-state index in [4.69, 9.17) is 5.73 Å². The van der Waals surface area contributed by atoms with E-state index < -0.39 is 6.10 Å². The van der Waals surface area contributed by atoms with E-state index in [2.05, 4.69) is 31.1 Å². The molecule has 0 aromatic carbocycles. The molecule has 5 heteroatoms. The number of rotatable bonds is 5. The average molecular weight is 257 g/mol. The molecule has 0 aliphatic carbocycles. The van der Waals surface area contributed by atoms with Gasteiger partial charge in [0.05, 0.1) is 0 Å². The summed E-state index contributed by atoms with van der Waals surface area (Å²) in [7, 11) is 2.14. The first-order valence-corrected chi connectivity index (χ1v) is 6.71. The zero-order chi connectivity index (χ0) is 13.8. The highest BCUT2D eigenvalue weighted by atomic mass is 16.3. The van der Waals surface area contributed by atoms with Crippen molar-refractivity contribution in [2.75, 3.05) is 33.2 Å². The summed E-state index contributed by atoms with van der Waals surface area (Å²) < 4.78 is 0. The van der Waals surface area contributed by atoms with Gasteiger partial charge >= 0.3 is 0 Å². The standard InChI is InChI=1S/C13H27N3O2/c1-13(2,9-15-12(18)11(17)7-14)10-5-4-6-16(3)8-10/h10-11,17H,4-9,14H2,1-3H3,(H,15,18). The molecule has 1 heterocycles. The number of amides is 1. The minimum absolute atomic E-state index is 0.0293. The van der Waals surface area contributed by atoms with Crippen LogP contribution in [-0.4, -0.2) is 55.2 Å². The molecule has 18 heavy (non-hydrogen) atoms. The van der Waals surface area contributed by atoms with E-state index in [1.54, 1.807) is 0 Å². The van der Waals surface area contributed by atoms with Gasteiger partial charge in [0.15, 0.2) is 0 Å². The summed E-state index contributed by atoms with van der Waals surface area (Å²) in [5.41, 5.74) is 5.30. The number of hydrogen-bond acceptors (Lipinski definition) is 4. The summed E-state index contributed by atoms with van der Waals surface area (Å²) in [6, 6.07) is 0. The number of carbonyl (C=O) groups excluding carboxylic acids is 1. The molecule has 4 N–H and O–H groups in total. The van der Waals surface area contributed by atoms with Gasteiger partial charge in [-0.15, -0.1) is 0 Å². The van der Waals surface area contributed by atoms with Crippen molar-refractivity contribution in [3.8, 4) is 0 Å². The third-order valence-electron chi connectivity index (χ3n) is 3.97. The second-order valence-corrected chi connectivity index (χ2v) is 6.06. The van der Waals surface area contributed by atoms with Crippen LogP contribution in [0.1, 0.15) is 26.7 Å². The van der Waals surface area contributed by atoms with E-state index in [0.717, 1.165) is 13.1 Å². The van der Waals surface area contributed by atoms with Gasteiger partial charge in [-0.3, -0.25) is 4.79 Å². The summed E-state index contributed by atoms with van der Waals surface area (Å²) in [4.78, 5) is 13.9. The van der Waals surface area contributed by atoms with Crippen molar-refractivity contribution >= 4 is 5.91 Å². The maximum atomic E-state index is 11.5. The van der Waals surface area contributed by atoms with Crippen LogP contribution in [0.3, 0.4) is 0 Å². The maximum absolute atomic E-state index is 11.5. The number of nitrogens with two attached hydrogens (primary N) is 1. The highest BCUT2D eigenvalue weighted by Gasteiger charge is 2.32. The number of aliphatic hydroxyl groups is 1. The third kappa shape index (κ3) is 4.23. The summed E-state index contributed by atoms with van der Waals surface area (Å²) in [6.07, 6.45) is 1.33. The van der Waals surface area contributed by atoms with Crippen LogP contribution in [-0.2, 0) is 4.79 Å². The van der Waals surface area contributed by atoms with Gasteiger partial charge in [-0.2, -0.15) is 0 Å². The second kappa shape index (κ2) is 6.50. The molecule has 1 saturated heterocycles. The Morgan fingerprint density at radius 2 is 2.28 bits per heavy atom. The van der Waals surface area contributed by atoms with Crippen molar-refractivity contribution in [2.24, 2.45) is 17.1 Å². The molecule has 0 bridgehead atoms. The number of aliphatic hydroxyl groups excluding tert-OH is 1. The first-order valence-electron chi connectivity index (χ1n) is 6.71. The Bertz CT molecular complexity index is 281. The smallest absolute Gasteiger partial charge is 0.250 e. The Hall–Kier alpha value is -0.650. The van der Waals surface area contributed by atoms with E-state index in [-0.39, 0.29) is 17.9 Å². The molecule has 0 aromatic rings. The molecule has 106 valence electrons. The lowest BCUT2D eigenvalue weighted by molar-refractivity contribution is -0.129. The monoisotopic (exact) mass is 257 g/mol. The topological polar surface area (TPSA) is 78.6 Å². The molecule has 5 nitrogen and oxygen atoms in total. The lowest BCUT2D eigenvalue weighted by Gasteiger charge is -2.40. The zero-order valence-corrected chi connectivity index (χ0v) is 11.8. The third-order valence-corrected chi connectivity index (χ3v) is 3.97. The first kappa shape index (κ1) is 15.4. The van der Waals surface area contributed by atoms with Crippen molar-refractivity contribution in [1.29, 1.82) is 0 Å². The Kier molecular flexibility index (Phi) is 5.56. The quantitative estimate of drug-likeness (QED) is 0.637. The van der Waals surface area contributed by atoms with Crippen molar-refractivity contribution in [3.63, 3.8) is 0 Å². The predicted molar refractivity (Wildman–Crippen MR) is 72.1 cm³/mol. The molecule has 0 saturated carbocycles. The fourth-order valence-electron chi connectivity index (χ4n) is 2.49. The second-order valence-electron chi connectivity index (χ2n) is 6.06. The Labute approximate surface area is 110 Å². The fourth-order valence-corrected chi connectivity index (χ4v) is 2.49. The van der Waals surface area contributed by atoms with Gasteiger partial charge in [-0.1, -0.05) is 13.8 Å². The van der Waals surface area contributed by atoms with E-state index in [9.17, 15) is 9.90 Å². The largest absolute Gasteiger partial charge is 0.382 e. The highest BCUT2D eigenvalue weighted by molar-refractivity contribution is 5.80. The number of likely N-dealkylation sites (tertiary alicyclic amines) is 1. The van der Waals surface area contributed by atoms with Crippen molar-refractivity contribution in [3.05, 3.63) is 0 Å². The molecule has 0 radical (unpaired) electrons. The summed E-state index contributed by atoms with van der Waals surface area (Å²) >= 11 is 0. The number of nitrogens with one attached hydrogen (secondary N) is 1. The van der Waals surface area contributed by atoms with Crippen LogP contribution in [0.2, 0.25) is 0 Å². The van der Waals surface area contributed by atoms with E-state index in [1.165, 1.54) is 12.8 Å². The molecule has 1 rings (SSSR count). The lowest BCUT2D eigenvalue weighted by atomic mass is 9.74. The number of piperidine rings is 1. The minimum Gasteiger partial charge on any atom is -0.382 e. The fraction of sp³-hybridized carbons (Fsp3) is 0.923. The van der Waals surface area contributed by atoms with Crippen LogP contribution in [0.15, 0.2) is 0 Å². The highest BCUT2D eigenvalue weighted by Crippen LogP contribution is 2.32. The van der Waals surface area contributed by atoms with Gasteiger partial charge < -0.3 is 21.1 Å². The van der Waals surface area contributed by atoms with Crippen LogP contribution >= 0.6 is 0 Å². The van der Waals surface area contributed by atoms with Gasteiger partial charge in [0.1, 0.15) is 6.10 Å². The van der Waals surface area contributed by atoms with Crippen molar-refractivity contribution in [1.82, 2.24) is 10.2 Å². The van der Waals surface area contributed by atoms with Crippen LogP contribution in [0.5, 0.6) is 0 Å². The van der Waals surface area contributed by atoms with Gasteiger partial charge in [-0.05, 0) is 37.8 Å². The molecule has 0 spiro atoms. The summed E-state index contributed by atoms with van der Waals surface area (Å²) in [5, 5.41) is 12.1. The van der Waals surface area contributed by atoms with Crippen molar-refractivity contribution in [2.45, 2.75) is 32.8 Å². The molecule has 2 unspecified atom stereocenters. The van der Waals surface area contributed by atoms with Crippen LogP contribution < -0.4 is 11.1 Å². The molecule has 0 aromatic heterocycles. The number of hydrogen-bond donors (Lipinski definition) is 3. The molecule has 2 atom stereocenters. The van der Waals surface area contributed by atoms with E-state index >= 15 is 0 Å². The molecular formula is C13H27N3O2. The first-order chi connectivity index (χ1) is 8.36. The SMILES string of the molecule is CN1CCCC(C(C)(C)CNC(=O)C(O)CN)C1. The van der Waals surface area contributed by atoms with Gasteiger partial charge in [0, 0.05) is 19.6 Å². The van der Waals surface area contributed by atoms with Crippen molar-refractivity contribution < 1.29 is 9.90 Å². The maximum Gasteiger partial charge on any atom is 0.250 e. The normalized spacial score (nSPS) is 23.7. The Morgan fingerprint density at radius 3 is 2.83 bits per heavy atom. The zero-order valence-electron chi connectivity index (χ0n) is 11.8. The van der Waals surface area contributed by atoms with Gasteiger partial charge in [-0.25, -0.2) is 0 Å². The predicted octanol–water partition coefficient (Wildman–Crippen LogP) is -0.210. The van der Waals surface area contributed by atoms with E-state index in [0.29, 0.717) is 12.5 Å². The Balaban J connectivity index is 2.45. The average Bonchev–Trinajstić information content (AvgIpc) is 2.35. The lowest BCUT2D eigenvalue weighted by Crippen LogP contribution is -2.48. The van der Waals surface area contributed by atoms with Crippen LogP contribution in [0.4, 0.5) is 0 Å². The van der Waals surface area contributed by atoms with Gasteiger partial charge in [0.2, 0.25) is 5.91 Å². The number of carbonyl (C=O) groups is 1. The van der Waals surface area contributed by atoms with Crippen LogP contribution in [0.25, 0.3) is 0 Å². The molecule has 1 aliphatic rings. The summed E-state index contributed by atoms with van der Waals surface area (Å²) in [6.45, 7) is 7.13. The molecule has 1 amide bonds. The Morgan fingerprint density at radius 1 is 1.61 bits per heavy atom. The molecule has 1 fully saturated rings. The summed E-state index contributed by atoms with van der Waals surface area (Å²) in [5.74, 6) is 0.210. The van der Waals surface area contributed by atoms with Gasteiger partial charge in [0.25, 0.3) is 0 Å². The van der Waals surface area contributed by atoms with E-state index in [1.807, 2.05) is 0 Å². The minimum atomic E-state index is -1.09. The molecular weight excluding hydrogens is 230 g/mol. The molecule has 1 aliphatic heterocycles. The van der Waals surface area contributed by atoms with Crippen LogP contribution in [0, 0.1) is 11.3 Å².